The van der Waals surface area contributed by atoms with Crippen molar-refractivity contribution in [3.8, 4) is 5.75 Å². The van der Waals surface area contributed by atoms with Crippen molar-refractivity contribution >= 4 is 29.4 Å². The number of piperidine rings is 1. The van der Waals surface area contributed by atoms with E-state index in [2.05, 4.69) is 46.1 Å². The maximum atomic E-state index is 14.4. The highest BCUT2D eigenvalue weighted by Gasteiger charge is 2.25. The Kier molecular flexibility index (Phi) is 6.77. The van der Waals surface area contributed by atoms with Crippen LogP contribution >= 0.6 is 11.9 Å². The minimum Gasteiger partial charge on any atom is -0.493 e. The predicted octanol–water partition coefficient (Wildman–Crippen LogP) is 7.21. The molecule has 2 heterocycles. The maximum Gasteiger partial charge on any atom is 0.149 e. The van der Waals surface area contributed by atoms with Gasteiger partial charge in [-0.05, 0) is 84.5 Å². The summed E-state index contributed by atoms with van der Waals surface area (Å²) in [4.78, 5) is 1.83. The van der Waals surface area contributed by atoms with Crippen LogP contribution in [0.3, 0.4) is 0 Å². The number of hydrogen-bond donors (Lipinski definition) is 0. The standard InChI is InChI=1S/C28H28F2N2OS/c1-20-16-24(29)28(25(30)17-20)31-13-10-22(11-14-31)19-33-27-9-5-8-26-23(27)12-15-34-32(26)18-21-6-3-2-4-7-21/h2-9,12,15-17,22H,10-11,13-14,18-19H2,1H3. The number of ether oxygens (including phenoxy) is 1. The van der Waals surface area contributed by atoms with Crippen molar-refractivity contribution in [1.82, 2.24) is 0 Å². The molecule has 176 valence electrons. The second kappa shape index (κ2) is 10.1. The lowest BCUT2D eigenvalue weighted by atomic mass is 9.97. The minimum absolute atomic E-state index is 0.100. The van der Waals surface area contributed by atoms with E-state index in [4.69, 9.17) is 4.74 Å². The molecule has 0 aromatic heterocycles. The van der Waals surface area contributed by atoms with Crippen molar-refractivity contribution in [1.29, 1.82) is 0 Å². The number of aryl methyl sites for hydroxylation is 1. The molecule has 5 rings (SSSR count). The van der Waals surface area contributed by atoms with E-state index in [0.29, 0.717) is 31.2 Å². The third-order valence-electron chi connectivity index (χ3n) is 6.47. The molecule has 0 spiro atoms. The van der Waals surface area contributed by atoms with Crippen LogP contribution in [0.15, 0.2) is 66.1 Å². The number of anilines is 2. The van der Waals surface area contributed by atoms with Crippen LogP contribution in [0.4, 0.5) is 20.2 Å². The van der Waals surface area contributed by atoms with Crippen LogP contribution in [0.2, 0.25) is 0 Å². The molecule has 2 aliphatic rings. The predicted molar refractivity (Wildman–Crippen MR) is 137 cm³/mol. The zero-order valence-corrected chi connectivity index (χ0v) is 20.0. The van der Waals surface area contributed by atoms with Gasteiger partial charge >= 0.3 is 0 Å². The molecule has 0 radical (unpaired) electrons. The summed E-state index contributed by atoms with van der Waals surface area (Å²) >= 11 is 1.69. The molecule has 0 aliphatic carbocycles. The van der Waals surface area contributed by atoms with E-state index in [9.17, 15) is 8.78 Å². The Morgan fingerprint density at radius 3 is 2.44 bits per heavy atom. The molecule has 6 heteroatoms. The summed E-state index contributed by atoms with van der Waals surface area (Å²) in [6, 6.07) is 19.4. The van der Waals surface area contributed by atoms with Crippen molar-refractivity contribution in [2.24, 2.45) is 5.92 Å². The molecular formula is C28H28F2N2OS. The fourth-order valence-corrected chi connectivity index (χ4v) is 5.51. The lowest BCUT2D eigenvalue weighted by Crippen LogP contribution is -2.36. The molecule has 0 amide bonds. The highest BCUT2D eigenvalue weighted by molar-refractivity contribution is 8.03. The van der Waals surface area contributed by atoms with Gasteiger partial charge in [0, 0.05) is 18.7 Å². The summed E-state index contributed by atoms with van der Waals surface area (Å²) in [7, 11) is 0. The molecule has 0 unspecified atom stereocenters. The highest BCUT2D eigenvalue weighted by atomic mass is 32.2. The van der Waals surface area contributed by atoms with E-state index in [1.165, 1.54) is 17.7 Å². The van der Waals surface area contributed by atoms with Crippen molar-refractivity contribution in [3.05, 3.63) is 94.4 Å². The van der Waals surface area contributed by atoms with E-state index in [1.54, 1.807) is 18.9 Å². The van der Waals surface area contributed by atoms with Gasteiger partial charge in [-0.25, -0.2) is 8.78 Å². The first-order valence-electron chi connectivity index (χ1n) is 11.7. The SMILES string of the molecule is Cc1cc(F)c(N2CCC(COc3cccc4c3C=CSN4Cc3ccccc3)CC2)c(F)c1. The number of rotatable bonds is 6. The van der Waals surface area contributed by atoms with Crippen LogP contribution < -0.4 is 13.9 Å². The Balaban J connectivity index is 1.22. The van der Waals surface area contributed by atoms with Gasteiger partial charge in [-0.2, -0.15) is 0 Å². The van der Waals surface area contributed by atoms with Crippen molar-refractivity contribution in [2.45, 2.75) is 26.3 Å². The lowest BCUT2D eigenvalue weighted by Gasteiger charge is -2.34. The number of benzene rings is 3. The maximum absolute atomic E-state index is 14.4. The first-order valence-corrected chi connectivity index (χ1v) is 12.5. The molecule has 0 atom stereocenters. The second-order valence-electron chi connectivity index (χ2n) is 8.94. The van der Waals surface area contributed by atoms with E-state index >= 15 is 0 Å². The smallest absolute Gasteiger partial charge is 0.149 e. The van der Waals surface area contributed by atoms with Gasteiger partial charge in [0.05, 0.1) is 18.8 Å². The van der Waals surface area contributed by atoms with Gasteiger partial charge in [0.1, 0.15) is 23.1 Å². The van der Waals surface area contributed by atoms with Gasteiger partial charge in [0.2, 0.25) is 0 Å². The number of halogens is 2. The zero-order valence-electron chi connectivity index (χ0n) is 19.2. The molecule has 34 heavy (non-hydrogen) atoms. The van der Waals surface area contributed by atoms with Crippen LogP contribution in [0, 0.1) is 24.5 Å². The van der Waals surface area contributed by atoms with Crippen LogP contribution in [-0.2, 0) is 6.54 Å². The highest BCUT2D eigenvalue weighted by Crippen LogP contribution is 2.40. The van der Waals surface area contributed by atoms with Crippen molar-refractivity contribution in [2.75, 3.05) is 28.9 Å². The average Bonchev–Trinajstić information content (AvgIpc) is 2.84. The Hall–Kier alpha value is -2.99. The molecule has 0 bridgehead atoms. The van der Waals surface area contributed by atoms with E-state index in [0.717, 1.165) is 36.4 Å². The Morgan fingerprint density at radius 1 is 0.971 bits per heavy atom. The number of fused-ring (bicyclic) bond motifs is 1. The second-order valence-corrected chi connectivity index (χ2v) is 9.86. The monoisotopic (exact) mass is 478 g/mol. The summed E-state index contributed by atoms with van der Waals surface area (Å²) in [6.45, 7) is 4.37. The molecule has 3 aromatic rings. The van der Waals surface area contributed by atoms with Gasteiger partial charge in [-0.3, -0.25) is 0 Å². The van der Waals surface area contributed by atoms with Gasteiger partial charge in [0.25, 0.3) is 0 Å². The normalized spacial score (nSPS) is 16.0. The number of nitrogens with zero attached hydrogens (tertiary/aromatic N) is 2. The first-order chi connectivity index (χ1) is 16.6. The molecule has 3 nitrogen and oxygen atoms in total. The molecule has 1 saturated heterocycles. The topological polar surface area (TPSA) is 15.7 Å². The van der Waals surface area contributed by atoms with Gasteiger partial charge in [-0.1, -0.05) is 36.4 Å². The largest absolute Gasteiger partial charge is 0.493 e. The zero-order chi connectivity index (χ0) is 23.5. The molecule has 0 saturated carbocycles. The molecule has 2 aliphatic heterocycles. The van der Waals surface area contributed by atoms with E-state index in [-0.39, 0.29) is 5.69 Å². The Labute approximate surface area is 204 Å². The van der Waals surface area contributed by atoms with E-state index < -0.39 is 11.6 Å². The molecule has 3 aromatic carbocycles. The summed E-state index contributed by atoms with van der Waals surface area (Å²) in [5.74, 6) is 0.275. The summed E-state index contributed by atoms with van der Waals surface area (Å²) in [6.07, 6.45) is 3.80. The quantitative estimate of drug-likeness (QED) is 0.348. The van der Waals surface area contributed by atoms with Gasteiger partial charge in [-0.15, -0.1) is 0 Å². The lowest BCUT2D eigenvalue weighted by molar-refractivity contribution is 0.222. The molecular weight excluding hydrogens is 450 g/mol. The van der Waals surface area contributed by atoms with Crippen LogP contribution in [0.1, 0.15) is 29.5 Å². The summed E-state index contributed by atoms with van der Waals surface area (Å²) < 4.78 is 37.3. The molecule has 0 N–H and O–H groups in total. The molecule has 1 fully saturated rings. The van der Waals surface area contributed by atoms with E-state index in [1.807, 2.05) is 23.1 Å². The first kappa shape index (κ1) is 22.8. The van der Waals surface area contributed by atoms with Crippen molar-refractivity contribution < 1.29 is 13.5 Å². The fourth-order valence-electron chi connectivity index (χ4n) is 4.67. The van der Waals surface area contributed by atoms with Gasteiger partial charge < -0.3 is 13.9 Å². The number of hydrogen-bond acceptors (Lipinski definition) is 4. The van der Waals surface area contributed by atoms with Crippen LogP contribution in [-0.4, -0.2) is 19.7 Å². The summed E-state index contributed by atoms with van der Waals surface area (Å²) in [5, 5.41) is 2.10. The third kappa shape index (κ3) is 4.92. The fraction of sp³-hybridized carbons (Fsp3) is 0.286. The van der Waals surface area contributed by atoms with Crippen LogP contribution in [0.25, 0.3) is 6.08 Å². The Morgan fingerprint density at radius 2 is 1.71 bits per heavy atom. The minimum atomic E-state index is -0.479. The average molecular weight is 479 g/mol. The van der Waals surface area contributed by atoms with Gasteiger partial charge in [0.15, 0.2) is 0 Å². The van der Waals surface area contributed by atoms with Crippen molar-refractivity contribution in [3.63, 3.8) is 0 Å². The summed E-state index contributed by atoms with van der Waals surface area (Å²) in [5.41, 5.74) is 4.20. The Bertz CT molecular complexity index is 1150. The van der Waals surface area contributed by atoms with Crippen LogP contribution in [0.5, 0.6) is 5.75 Å². The third-order valence-corrected chi connectivity index (χ3v) is 7.31.